The third kappa shape index (κ3) is 2.25. The third-order valence-corrected chi connectivity index (χ3v) is 3.79. The smallest absolute Gasteiger partial charge is 0.123 e. The van der Waals surface area contributed by atoms with Gasteiger partial charge in [0.2, 0.25) is 0 Å². The zero-order valence-corrected chi connectivity index (χ0v) is 10.1. The van der Waals surface area contributed by atoms with E-state index < -0.39 is 0 Å². The van der Waals surface area contributed by atoms with Gasteiger partial charge >= 0.3 is 0 Å². The summed E-state index contributed by atoms with van der Waals surface area (Å²) in [5.74, 6) is 1.01. The number of nitrogens with one attached hydrogen (secondary N) is 1. The van der Waals surface area contributed by atoms with Crippen LogP contribution in [-0.2, 0) is 6.42 Å². The molecule has 0 spiro atoms. The highest BCUT2D eigenvalue weighted by molar-refractivity contribution is 5.53. The van der Waals surface area contributed by atoms with Gasteiger partial charge in [-0.05, 0) is 36.6 Å². The van der Waals surface area contributed by atoms with Crippen LogP contribution in [0, 0.1) is 0 Å². The largest absolute Gasteiger partial charge is 0.488 e. The van der Waals surface area contributed by atoms with Crippen molar-refractivity contribution in [1.82, 2.24) is 0 Å². The summed E-state index contributed by atoms with van der Waals surface area (Å²) < 4.78 is 5.73. The van der Waals surface area contributed by atoms with Crippen LogP contribution >= 0.6 is 0 Å². The zero-order valence-electron chi connectivity index (χ0n) is 10.1. The lowest BCUT2D eigenvalue weighted by atomic mass is 10.1. The highest BCUT2D eigenvalue weighted by atomic mass is 16.5. The molecule has 1 heterocycles. The molecule has 1 aliphatic heterocycles. The van der Waals surface area contributed by atoms with E-state index in [9.17, 15) is 0 Å². The van der Waals surface area contributed by atoms with E-state index in [-0.39, 0.29) is 6.10 Å². The van der Waals surface area contributed by atoms with Crippen molar-refractivity contribution < 1.29 is 4.74 Å². The minimum absolute atomic E-state index is 0.173. The summed E-state index contributed by atoms with van der Waals surface area (Å²) in [5.41, 5.74) is 8.17. The van der Waals surface area contributed by atoms with Gasteiger partial charge in [0.25, 0.3) is 0 Å². The van der Waals surface area contributed by atoms with E-state index in [1.807, 2.05) is 0 Å². The molecule has 2 aliphatic rings. The SMILES string of the molecule is NCC1Cc2cc(NC3CCCC3)ccc2O1. The number of benzene rings is 1. The van der Waals surface area contributed by atoms with Gasteiger partial charge in [-0.25, -0.2) is 0 Å². The maximum atomic E-state index is 5.73. The standard InChI is InChI=1S/C14H20N2O/c15-9-13-8-10-7-12(5-6-14(10)17-13)16-11-3-1-2-4-11/h5-7,11,13,16H,1-4,8-9,15H2. The first-order chi connectivity index (χ1) is 8.35. The molecule has 1 aromatic carbocycles. The van der Waals surface area contributed by atoms with Crippen molar-refractivity contribution in [2.45, 2.75) is 44.2 Å². The molecule has 17 heavy (non-hydrogen) atoms. The van der Waals surface area contributed by atoms with Crippen LogP contribution < -0.4 is 15.8 Å². The van der Waals surface area contributed by atoms with Gasteiger partial charge in [-0.15, -0.1) is 0 Å². The van der Waals surface area contributed by atoms with Gasteiger partial charge in [-0.2, -0.15) is 0 Å². The highest BCUT2D eigenvalue weighted by Gasteiger charge is 2.22. The lowest BCUT2D eigenvalue weighted by molar-refractivity contribution is 0.241. The minimum atomic E-state index is 0.173. The average Bonchev–Trinajstić information content (AvgIpc) is 2.96. The lowest BCUT2D eigenvalue weighted by Crippen LogP contribution is -2.24. The minimum Gasteiger partial charge on any atom is -0.488 e. The van der Waals surface area contributed by atoms with Crippen LogP contribution in [0.4, 0.5) is 5.69 Å². The van der Waals surface area contributed by atoms with Crippen LogP contribution in [0.1, 0.15) is 31.2 Å². The second kappa shape index (κ2) is 4.57. The Labute approximate surface area is 102 Å². The topological polar surface area (TPSA) is 47.3 Å². The summed E-state index contributed by atoms with van der Waals surface area (Å²) in [6, 6.07) is 7.09. The Kier molecular flexibility index (Phi) is 2.93. The molecule has 1 aliphatic carbocycles. The summed E-state index contributed by atoms with van der Waals surface area (Å²) in [4.78, 5) is 0. The van der Waals surface area contributed by atoms with E-state index in [1.165, 1.54) is 36.9 Å². The third-order valence-electron chi connectivity index (χ3n) is 3.79. The number of fused-ring (bicyclic) bond motifs is 1. The van der Waals surface area contributed by atoms with Crippen LogP contribution in [0.3, 0.4) is 0 Å². The van der Waals surface area contributed by atoms with Gasteiger partial charge in [0, 0.05) is 24.7 Å². The van der Waals surface area contributed by atoms with E-state index >= 15 is 0 Å². The van der Waals surface area contributed by atoms with Gasteiger partial charge in [0.15, 0.2) is 0 Å². The van der Waals surface area contributed by atoms with E-state index in [0.717, 1.165) is 12.2 Å². The first-order valence-corrected chi connectivity index (χ1v) is 6.61. The predicted molar refractivity (Wildman–Crippen MR) is 69.5 cm³/mol. The first kappa shape index (κ1) is 10.9. The van der Waals surface area contributed by atoms with Gasteiger partial charge in [-0.1, -0.05) is 12.8 Å². The number of hydrogen-bond acceptors (Lipinski definition) is 3. The molecular formula is C14H20N2O. The molecule has 92 valence electrons. The summed E-state index contributed by atoms with van der Waals surface area (Å²) in [6.45, 7) is 0.597. The molecule has 0 aromatic heterocycles. The summed E-state index contributed by atoms with van der Waals surface area (Å²) in [7, 11) is 0. The van der Waals surface area contributed by atoms with Gasteiger partial charge in [0.05, 0.1) is 0 Å². The van der Waals surface area contributed by atoms with Crippen LogP contribution in [0.2, 0.25) is 0 Å². The summed E-state index contributed by atoms with van der Waals surface area (Å²) in [6.07, 6.45) is 6.46. The molecule has 1 saturated carbocycles. The number of anilines is 1. The van der Waals surface area contributed by atoms with Crippen LogP contribution in [0.15, 0.2) is 18.2 Å². The Balaban J connectivity index is 1.71. The Morgan fingerprint density at radius 1 is 1.29 bits per heavy atom. The molecule has 1 atom stereocenters. The molecule has 1 aromatic rings. The molecule has 3 heteroatoms. The van der Waals surface area contributed by atoms with Crippen LogP contribution in [-0.4, -0.2) is 18.7 Å². The first-order valence-electron chi connectivity index (χ1n) is 6.61. The van der Waals surface area contributed by atoms with Crippen molar-refractivity contribution in [1.29, 1.82) is 0 Å². The number of rotatable bonds is 3. The predicted octanol–water partition coefficient (Wildman–Crippen LogP) is 2.30. The fraction of sp³-hybridized carbons (Fsp3) is 0.571. The lowest BCUT2D eigenvalue weighted by Gasteiger charge is -2.14. The quantitative estimate of drug-likeness (QED) is 0.840. The van der Waals surface area contributed by atoms with Gasteiger partial charge in [0.1, 0.15) is 11.9 Å². The summed E-state index contributed by atoms with van der Waals surface area (Å²) in [5, 5.41) is 3.62. The van der Waals surface area contributed by atoms with E-state index in [2.05, 4.69) is 23.5 Å². The molecule has 0 saturated heterocycles. The maximum absolute atomic E-state index is 5.73. The highest BCUT2D eigenvalue weighted by Crippen LogP contribution is 2.32. The van der Waals surface area contributed by atoms with Crippen LogP contribution in [0.5, 0.6) is 5.75 Å². The summed E-state index contributed by atoms with van der Waals surface area (Å²) >= 11 is 0. The average molecular weight is 232 g/mol. The Morgan fingerprint density at radius 3 is 2.88 bits per heavy atom. The number of hydrogen-bond donors (Lipinski definition) is 2. The molecular weight excluding hydrogens is 212 g/mol. The van der Waals surface area contributed by atoms with Crippen LogP contribution in [0.25, 0.3) is 0 Å². The van der Waals surface area contributed by atoms with Crippen molar-refractivity contribution in [2.24, 2.45) is 5.73 Å². The van der Waals surface area contributed by atoms with Gasteiger partial charge < -0.3 is 15.8 Å². The number of nitrogens with two attached hydrogens (primary N) is 1. The monoisotopic (exact) mass is 232 g/mol. The Hall–Kier alpha value is -1.22. The molecule has 3 rings (SSSR count). The molecule has 1 fully saturated rings. The van der Waals surface area contributed by atoms with Gasteiger partial charge in [-0.3, -0.25) is 0 Å². The Bertz CT molecular complexity index is 399. The van der Waals surface area contributed by atoms with E-state index in [4.69, 9.17) is 10.5 Å². The molecule has 0 radical (unpaired) electrons. The van der Waals surface area contributed by atoms with Crippen molar-refractivity contribution in [3.05, 3.63) is 23.8 Å². The normalized spacial score (nSPS) is 23.5. The molecule has 0 bridgehead atoms. The maximum Gasteiger partial charge on any atom is 0.123 e. The molecule has 3 N–H and O–H groups in total. The van der Waals surface area contributed by atoms with Crippen molar-refractivity contribution in [3.8, 4) is 5.75 Å². The second-order valence-corrected chi connectivity index (χ2v) is 5.13. The fourth-order valence-corrected chi connectivity index (χ4v) is 2.85. The molecule has 0 amide bonds. The van der Waals surface area contributed by atoms with E-state index in [0.29, 0.717) is 12.6 Å². The zero-order chi connectivity index (χ0) is 11.7. The molecule has 3 nitrogen and oxygen atoms in total. The fourth-order valence-electron chi connectivity index (χ4n) is 2.85. The Morgan fingerprint density at radius 2 is 2.12 bits per heavy atom. The molecule has 1 unspecified atom stereocenters. The second-order valence-electron chi connectivity index (χ2n) is 5.13. The van der Waals surface area contributed by atoms with Crippen molar-refractivity contribution in [2.75, 3.05) is 11.9 Å². The number of ether oxygens (including phenoxy) is 1. The van der Waals surface area contributed by atoms with Crippen molar-refractivity contribution in [3.63, 3.8) is 0 Å². The van der Waals surface area contributed by atoms with Crippen molar-refractivity contribution >= 4 is 5.69 Å². The van der Waals surface area contributed by atoms with E-state index in [1.54, 1.807) is 0 Å².